The number of rotatable bonds is 3. The Morgan fingerprint density at radius 1 is 1.29 bits per heavy atom. The molecule has 0 saturated carbocycles. The molecule has 3 N–H and O–H groups in total. The van der Waals surface area contributed by atoms with Gasteiger partial charge in [-0.1, -0.05) is 12.1 Å². The summed E-state index contributed by atoms with van der Waals surface area (Å²) in [7, 11) is 0. The molecule has 0 spiro atoms. The first-order chi connectivity index (χ1) is 11.7. The van der Waals surface area contributed by atoms with Crippen LogP contribution < -0.4 is 5.69 Å². The molecule has 3 heterocycles. The lowest BCUT2D eigenvalue weighted by atomic mass is 9.97. The summed E-state index contributed by atoms with van der Waals surface area (Å²) in [6.45, 7) is 1.36. The third kappa shape index (κ3) is 2.82. The van der Waals surface area contributed by atoms with Crippen molar-refractivity contribution in [2.75, 3.05) is 13.1 Å². The van der Waals surface area contributed by atoms with E-state index in [0.29, 0.717) is 12.4 Å². The number of carbonyl (C=O) groups is 1. The Morgan fingerprint density at radius 2 is 2.17 bits per heavy atom. The van der Waals surface area contributed by atoms with Crippen LogP contribution in [0.4, 0.5) is 0 Å². The number of aromatic amines is 3. The molecule has 3 aromatic rings. The third-order valence-electron chi connectivity index (χ3n) is 4.44. The number of H-pyrrole nitrogens is 3. The highest BCUT2D eigenvalue weighted by atomic mass is 16.2. The zero-order chi connectivity index (χ0) is 16.5. The number of imidazole rings is 1. The van der Waals surface area contributed by atoms with Crippen molar-refractivity contribution in [3.63, 3.8) is 0 Å². The van der Waals surface area contributed by atoms with Crippen molar-refractivity contribution in [1.29, 1.82) is 0 Å². The molecule has 24 heavy (non-hydrogen) atoms. The molecule has 1 aliphatic rings. The number of fused-ring (bicyclic) bond motifs is 1. The second kappa shape index (κ2) is 5.95. The van der Waals surface area contributed by atoms with Crippen molar-refractivity contribution in [1.82, 2.24) is 30.0 Å². The van der Waals surface area contributed by atoms with Gasteiger partial charge in [0.25, 0.3) is 0 Å². The third-order valence-corrected chi connectivity index (χ3v) is 4.44. The largest absolute Gasteiger partial charge is 0.342 e. The van der Waals surface area contributed by atoms with E-state index >= 15 is 0 Å². The molecule has 1 saturated heterocycles. The molecule has 1 amide bonds. The van der Waals surface area contributed by atoms with Crippen molar-refractivity contribution in [2.24, 2.45) is 0 Å². The SMILES string of the molecule is O=C(Cc1n[nH]c(=O)[nH]1)N1CCC[C@@H](c2nc3ccccc3[nH]2)C1. The number of benzene rings is 1. The summed E-state index contributed by atoms with van der Waals surface area (Å²) < 4.78 is 0. The second-order valence-electron chi connectivity index (χ2n) is 6.12. The van der Waals surface area contributed by atoms with Crippen LogP contribution in [0.25, 0.3) is 11.0 Å². The predicted octanol–water partition coefficient (Wildman–Crippen LogP) is 0.923. The van der Waals surface area contributed by atoms with Crippen LogP contribution >= 0.6 is 0 Å². The minimum absolute atomic E-state index is 0.0291. The highest BCUT2D eigenvalue weighted by Crippen LogP contribution is 2.26. The first-order valence-electron chi connectivity index (χ1n) is 8.05. The Balaban J connectivity index is 1.48. The van der Waals surface area contributed by atoms with Crippen molar-refractivity contribution in [2.45, 2.75) is 25.2 Å². The number of hydrogen-bond donors (Lipinski definition) is 3. The van der Waals surface area contributed by atoms with Crippen LogP contribution in [0.15, 0.2) is 29.1 Å². The van der Waals surface area contributed by atoms with E-state index in [1.807, 2.05) is 29.2 Å². The highest BCUT2D eigenvalue weighted by Gasteiger charge is 2.27. The summed E-state index contributed by atoms with van der Waals surface area (Å²) in [5.41, 5.74) is 1.58. The number of amides is 1. The summed E-state index contributed by atoms with van der Waals surface area (Å²) in [5.74, 6) is 1.48. The molecule has 2 aromatic heterocycles. The average Bonchev–Trinajstić information content (AvgIpc) is 3.21. The molecule has 1 atom stereocenters. The van der Waals surface area contributed by atoms with E-state index in [1.54, 1.807) is 0 Å². The molecule has 4 rings (SSSR count). The standard InChI is InChI=1S/C16H18N6O2/c23-14(8-13-19-16(24)21-20-13)22-7-3-4-10(9-22)15-17-11-5-1-2-6-12(11)18-15/h1-2,5-6,10H,3-4,7-9H2,(H,17,18)(H2,19,20,21,24)/t10-/m1/s1. The number of piperidine rings is 1. The van der Waals surface area contributed by atoms with Gasteiger partial charge in [0.1, 0.15) is 11.6 Å². The summed E-state index contributed by atoms with van der Waals surface area (Å²) in [5, 5.41) is 6.08. The molecular formula is C16H18N6O2. The van der Waals surface area contributed by atoms with E-state index in [-0.39, 0.29) is 18.2 Å². The molecule has 1 aliphatic heterocycles. The summed E-state index contributed by atoms with van der Waals surface area (Å²) in [6.07, 6.45) is 2.04. The maximum atomic E-state index is 12.4. The molecule has 8 nitrogen and oxygen atoms in total. The fourth-order valence-corrected chi connectivity index (χ4v) is 3.24. The number of aromatic nitrogens is 5. The summed E-state index contributed by atoms with van der Waals surface area (Å²) in [4.78, 5) is 35.9. The Labute approximate surface area is 137 Å². The Hall–Kier alpha value is -2.90. The fraction of sp³-hybridized carbons (Fsp3) is 0.375. The lowest BCUT2D eigenvalue weighted by Gasteiger charge is -2.31. The van der Waals surface area contributed by atoms with Crippen LogP contribution in [0.3, 0.4) is 0 Å². The highest BCUT2D eigenvalue weighted by molar-refractivity contribution is 5.78. The summed E-state index contributed by atoms with van der Waals surface area (Å²) in [6, 6.07) is 7.93. The normalized spacial score (nSPS) is 18.2. The van der Waals surface area contributed by atoms with E-state index in [1.165, 1.54) is 0 Å². The lowest BCUT2D eigenvalue weighted by Crippen LogP contribution is -2.40. The first-order valence-corrected chi connectivity index (χ1v) is 8.05. The molecule has 0 aliphatic carbocycles. The Morgan fingerprint density at radius 3 is 2.96 bits per heavy atom. The van der Waals surface area contributed by atoms with Gasteiger partial charge in [-0.2, -0.15) is 5.10 Å². The minimum Gasteiger partial charge on any atom is -0.342 e. The molecule has 0 radical (unpaired) electrons. The number of para-hydroxylation sites is 2. The average molecular weight is 326 g/mol. The number of hydrogen-bond acceptors (Lipinski definition) is 4. The van der Waals surface area contributed by atoms with E-state index < -0.39 is 5.69 Å². The van der Waals surface area contributed by atoms with Gasteiger partial charge in [-0.15, -0.1) is 0 Å². The van der Waals surface area contributed by atoms with Gasteiger partial charge in [-0.25, -0.2) is 14.9 Å². The van der Waals surface area contributed by atoms with E-state index in [4.69, 9.17) is 0 Å². The maximum Gasteiger partial charge on any atom is 0.340 e. The molecule has 1 fully saturated rings. The Bertz CT molecular complexity index is 891. The molecule has 8 heteroatoms. The van der Waals surface area contributed by atoms with Crippen LogP contribution in [0.2, 0.25) is 0 Å². The van der Waals surface area contributed by atoms with Gasteiger partial charge in [-0.3, -0.25) is 9.78 Å². The van der Waals surface area contributed by atoms with Gasteiger partial charge in [0, 0.05) is 19.0 Å². The van der Waals surface area contributed by atoms with Crippen LogP contribution in [0, 0.1) is 0 Å². The zero-order valence-electron chi connectivity index (χ0n) is 13.1. The van der Waals surface area contributed by atoms with Crippen molar-refractivity contribution in [3.8, 4) is 0 Å². The molecule has 1 aromatic carbocycles. The first kappa shape index (κ1) is 14.7. The van der Waals surface area contributed by atoms with Crippen LogP contribution in [-0.2, 0) is 11.2 Å². The van der Waals surface area contributed by atoms with Gasteiger partial charge >= 0.3 is 5.69 Å². The van der Waals surface area contributed by atoms with Crippen LogP contribution in [0.5, 0.6) is 0 Å². The van der Waals surface area contributed by atoms with Crippen molar-refractivity contribution >= 4 is 16.9 Å². The van der Waals surface area contributed by atoms with Crippen LogP contribution in [-0.4, -0.2) is 49.0 Å². The number of likely N-dealkylation sites (tertiary alicyclic amines) is 1. The lowest BCUT2D eigenvalue weighted by molar-refractivity contribution is -0.131. The minimum atomic E-state index is -0.392. The monoisotopic (exact) mass is 326 g/mol. The van der Waals surface area contributed by atoms with E-state index in [9.17, 15) is 9.59 Å². The smallest absolute Gasteiger partial charge is 0.340 e. The molecule has 0 unspecified atom stereocenters. The van der Waals surface area contributed by atoms with E-state index in [2.05, 4.69) is 25.1 Å². The van der Waals surface area contributed by atoms with Crippen molar-refractivity contribution < 1.29 is 4.79 Å². The summed E-state index contributed by atoms with van der Waals surface area (Å²) >= 11 is 0. The number of carbonyl (C=O) groups excluding carboxylic acids is 1. The molecule has 124 valence electrons. The van der Waals surface area contributed by atoms with Gasteiger partial charge in [0.15, 0.2) is 0 Å². The fourth-order valence-electron chi connectivity index (χ4n) is 3.24. The Kier molecular flexibility index (Phi) is 3.64. The van der Waals surface area contributed by atoms with Crippen molar-refractivity contribution in [3.05, 3.63) is 46.4 Å². The predicted molar refractivity (Wildman–Crippen MR) is 87.6 cm³/mol. The van der Waals surface area contributed by atoms with E-state index in [0.717, 1.165) is 36.2 Å². The maximum absolute atomic E-state index is 12.4. The number of nitrogens with one attached hydrogen (secondary N) is 3. The topological polar surface area (TPSA) is 111 Å². The molecular weight excluding hydrogens is 308 g/mol. The van der Waals surface area contributed by atoms with Gasteiger partial charge in [-0.05, 0) is 25.0 Å². The van der Waals surface area contributed by atoms with Gasteiger partial charge < -0.3 is 9.88 Å². The van der Waals surface area contributed by atoms with Crippen LogP contribution in [0.1, 0.15) is 30.4 Å². The number of nitrogens with zero attached hydrogens (tertiary/aromatic N) is 3. The second-order valence-corrected chi connectivity index (χ2v) is 6.12. The van der Waals surface area contributed by atoms with Gasteiger partial charge in [0.2, 0.25) is 5.91 Å². The zero-order valence-corrected chi connectivity index (χ0v) is 13.1. The quantitative estimate of drug-likeness (QED) is 0.664. The van der Waals surface area contributed by atoms with Gasteiger partial charge in [0.05, 0.1) is 17.5 Å². The molecule has 0 bridgehead atoms.